The molecule has 0 bridgehead atoms. The molecule has 1 fully saturated rings. The summed E-state index contributed by atoms with van der Waals surface area (Å²) in [5.41, 5.74) is 2.33. The van der Waals surface area contributed by atoms with Gasteiger partial charge in [0.1, 0.15) is 23.9 Å². The van der Waals surface area contributed by atoms with Crippen molar-refractivity contribution < 1.29 is 23.9 Å². The maximum absolute atomic E-state index is 13.6. The summed E-state index contributed by atoms with van der Waals surface area (Å²) in [7, 11) is 5.07. The van der Waals surface area contributed by atoms with Gasteiger partial charge in [-0.25, -0.2) is 0 Å². The topological polar surface area (TPSA) is 97.2 Å². The van der Waals surface area contributed by atoms with Gasteiger partial charge in [0.25, 0.3) is 0 Å². The third-order valence-corrected chi connectivity index (χ3v) is 8.28. The van der Waals surface area contributed by atoms with Crippen molar-refractivity contribution in [3.05, 3.63) is 35.0 Å². The van der Waals surface area contributed by atoms with Gasteiger partial charge in [-0.3, -0.25) is 24.0 Å². The SMILES string of the molecule is COc1ccc(OC)c(C2SCC(=O)N(CC(=O)N3CCN(C(C)=O)CC3)c3c2c(C(C)(C)C)nn3C)c1. The molecule has 0 radical (unpaired) electrons. The lowest BCUT2D eigenvalue weighted by atomic mass is 9.87. The number of piperazine rings is 1. The summed E-state index contributed by atoms with van der Waals surface area (Å²) in [6.07, 6.45) is 0. The summed E-state index contributed by atoms with van der Waals surface area (Å²) in [5.74, 6) is 1.90. The Labute approximate surface area is 228 Å². The summed E-state index contributed by atoms with van der Waals surface area (Å²) in [6, 6.07) is 5.66. The van der Waals surface area contributed by atoms with Gasteiger partial charge in [0.15, 0.2) is 0 Å². The lowest BCUT2D eigenvalue weighted by Gasteiger charge is -2.35. The molecule has 2 aliphatic heterocycles. The Morgan fingerprint density at radius 2 is 1.74 bits per heavy atom. The van der Waals surface area contributed by atoms with Crippen LogP contribution in [0.4, 0.5) is 5.82 Å². The van der Waals surface area contributed by atoms with E-state index in [4.69, 9.17) is 14.6 Å². The number of fused-ring (bicyclic) bond motifs is 1. The molecule has 10 nitrogen and oxygen atoms in total. The molecule has 1 saturated heterocycles. The molecule has 3 heterocycles. The number of hydrogen-bond acceptors (Lipinski definition) is 7. The van der Waals surface area contributed by atoms with Crippen LogP contribution in [0.2, 0.25) is 0 Å². The smallest absolute Gasteiger partial charge is 0.242 e. The van der Waals surface area contributed by atoms with Crippen LogP contribution >= 0.6 is 11.8 Å². The van der Waals surface area contributed by atoms with Crippen LogP contribution in [-0.2, 0) is 26.8 Å². The van der Waals surface area contributed by atoms with Gasteiger partial charge >= 0.3 is 0 Å². The van der Waals surface area contributed by atoms with Crippen molar-refractivity contribution in [2.45, 2.75) is 38.4 Å². The molecular formula is C27H37N5O5S. The average molecular weight is 544 g/mol. The number of carbonyl (C=O) groups excluding carboxylic acids is 3. The lowest BCUT2D eigenvalue weighted by molar-refractivity contribution is -0.137. The van der Waals surface area contributed by atoms with Crippen molar-refractivity contribution in [2.24, 2.45) is 7.05 Å². The molecule has 3 amide bonds. The summed E-state index contributed by atoms with van der Waals surface area (Å²) in [6.45, 7) is 9.62. The minimum absolute atomic E-state index is 0.00469. The van der Waals surface area contributed by atoms with Crippen LogP contribution < -0.4 is 14.4 Å². The van der Waals surface area contributed by atoms with Crippen molar-refractivity contribution in [2.75, 3.05) is 57.6 Å². The van der Waals surface area contributed by atoms with Crippen molar-refractivity contribution in [1.29, 1.82) is 0 Å². The molecule has 206 valence electrons. The molecule has 2 aromatic rings. The first-order valence-electron chi connectivity index (χ1n) is 12.7. The van der Waals surface area contributed by atoms with Crippen LogP contribution in [0.3, 0.4) is 0 Å². The molecule has 0 spiro atoms. The van der Waals surface area contributed by atoms with E-state index in [1.54, 1.807) is 33.6 Å². The zero-order valence-corrected chi connectivity index (χ0v) is 24.1. The minimum atomic E-state index is -0.317. The van der Waals surface area contributed by atoms with E-state index in [0.717, 1.165) is 16.8 Å². The molecule has 0 aliphatic carbocycles. The second kappa shape index (κ2) is 10.9. The Morgan fingerprint density at radius 3 is 2.32 bits per heavy atom. The number of anilines is 1. The molecule has 1 aromatic carbocycles. The van der Waals surface area contributed by atoms with E-state index in [0.29, 0.717) is 43.5 Å². The van der Waals surface area contributed by atoms with E-state index < -0.39 is 0 Å². The predicted octanol–water partition coefficient (Wildman–Crippen LogP) is 2.59. The number of benzene rings is 1. The highest BCUT2D eigenvalue weighted by atomic mass is 32.2. The van der Waals surface area contributed by atoms with E-state index in [9.17, 15) is 14.4 Å². The zero-order chi connectivity index (χ0) is 27.8. The molecule has 2 aliphatic rings. The molecule has 11 heteroatoms. The highest BCUT2D eigenvalue weighted by Crippen LogP contribution is 2.50. The fraction of sp³-hybridized carbons (Fsp3) is 0.556. The predicted molar refractivity (Wildman–Crippen MR) is 147 cm³/mol. The number of aryl methyl sites for hydroxylation is 1. The van der Waals surface area contributed by atoms with Crippen LogP contribution in [0, 0.1) is 0 Å². The average Bonchev–Trinajstić information content (AvgIpc) is 3.16. The van der Waals surface area contributed by atoms with Gasteiger partial charge in [-0.05, 0) is 18.2 Å². The maximum Gasteiger partial charge on any atom is 0.242 e. The Kier molecular flexibility index (Phi) is 7.96. The number of hydrogen-bond donors (Lipinski definition) is 0. The summed E-state index contributed by atoms with van der Waals surface area (Å²) in [4.78, 5) is 43.8. The Morgan fingerprint density at radius 1 is 1.08 bits per heavy atom. The first-order valence-corrected chi connectivity index (χ1v) is 13.8. The number of rotatable bonds is 5. The molecule has 0 N–H and O–H groups in total. The highest BCUT2D eigenvalue weighted by molar-refractivity contribution is 8.00. The molecule has 1 unspecified atom stereocenters. The Hall–Kier alpha value is -3.21. The van der Waals surface area contributed by atoms with E-state index in [2.05, 4.69) is 20.8 Å². The maximum atomic E-state index is 13.6. The number of ether oxygens (including phenoxy) is 2. The number of amides is 3. The standard InChI is InChI=1S/C27H37N5O5S/c1-17(33)30-10-12-31(13-11-30)21(34)15-32-22(35)16-38-24(19-14-18(36-6)8-9-20(19)37-7)23-25(27(2,3)4)28-29(5)26(23)32/h8-9,14,24H,10-13,15-16H2,1-7H3. The number of thioether (sulfide) groups is 1. The van der Waals surface area contributed by atoms with E-state index >= 15 is 0 Å². The van der Waals surface area contributed by atoms with Crippen LogP contribution in [0.1, 0.15) is 49.8 Å². The van der Waals surface area contributed by atoms with Gasteiger partial charge < -0.3 is 19.3 Å². The first-order chi connectivity index (χ1) is 18.0. The fourth-order valence-corrected chi connectivity index (χ4v) is 6.25. The third-order valence-electron chi connectivity index (χ3n) is 7.05. The van der Waals surface area contributed by atoms with E-state index in [-0.39, 0.29) is 40.7 Å². The number of aromatic nitrogens is 2. The van der Waals surface area contributed by atoms with Crippen molar-refractivity contribution in [1.82, 2.24) is 19.6 Å². The molecule has 0 saturated carbocycles. The van der Waals surface area contributed by atoms with Gasteiger partial charge in [-0.1, -0.05) is 20.8 Å². The molecular weight excluding hydrogens is 506 g/mol. The van der Waals surface area contributed by atoms with Gasteiger partial charge in [0, 0.05) is 56.7 Å². The third kappa shape index (κ3) is 5.34. The van der Waals surface area contributed by atoms with Crippen LogP contribution in [-0.4, -0.2) is 90.0 Å². The first kappa shape index (κ1) is 27.8. The number of nitrogens with zero attached hydrogens (tertiary/aromatic N) is 5. The highest BCUT2D eigenvalue weighted by Gasteiger charge is 2.40. The second-order valence-electron chi connectivity index (χ2n) is 10.6. The summed E-state index contributed by atoms with van der Waals surface area (Å²) >= 11 is 1.50. The molecule has 38 heavy (non-hydrogen) atoms. The molecule has 1 atom stereocenters. The Balaban J connectivity index is 1.77. The summed E-state index contributed by atoms with van der Waals surface area (Å²) in [5, 5.41) is 4.62. The zero-order valence-electron chi connectivity index (χ0n) is 23.2. The van der Waals surface area contributed by atoms with Gasteiger partial charge in [0.2, 0.25) is 17.7 Å². The van der Waals surface area contributed by atoms with Crippen LogP contribution in [0.15, 0.2) is 18.2 Å². The monoisotopic (exact) mass is 543 g/mol. The van der Waals surface area contributed by atoms with Crippen LogP contribution in [0.25, 0.3) is 0 Å². The van der Waals surface area contributed by atoms with Crippen LogP contribution in [0.5, 0.6) is 11.5 Å². The normalized spacial score (nSPS) is 18.2. The largest absolute Gasteiger partial charge is 0.497 e. The number of carbonyl (C=O) groups is 3. The fourth-order valence-electron chi connectivity index (χ4n) is 5.04. The van der Waals surface area contributed by atoms with E-state index in [1.807, 2.05) is 25.2 Å². The summed E-state index contributed by atoms with van der Waals surface area (Å²) < 4.78 is 13.0. The molecule has 1 aromatic heterocycles. The van der Waals surface area contributed by atoms with Crippen molar-refractivity contribution in [3.63, 3.8) is 0 Å². The van der Waals surface area contributed by atoms with Crippen molar-refractivity contribution >= 4 is 35.3 Å². The second-order valence-corrected chi connectivity index (χ2v) is 11.7. The van der Waals surface area contributed by atoms with Gasteiger partial charge in [-0.2, -0.15) is 5.10 Å². The Bertz CT molecular complexity index is 1230. The van der Waals surface area contributed by atoms with Crippen molar-refractivity contribution in [3.8, 4) is 11.5 Å². The lowest BCUT2D eigenvalue weighted by Crippen LogP contribution is -2.53. The van der Waals surface area contributed by atoms with Gasteiger partial charge in [0.05, 0.1) is 30.9 Å². The quantitative estimate of drug-likeness (QED) is 0.572. The van der Waals surface area contributed by atoms with E-state index in [1.165, 1.54) is 18.7 Å². The number of methoxy groups -OCH3 is 2. The minimum Gasteiger partial charge on any atom is -0.497 e. The van der Waals surface area contributed by atoms with Gasteiger partial charge in [-0.15, -0.1) is 11.8 Å². The molecule has 4 rings (SSSR count).